The lowest BCUT2D eigenvalue weighted by atomic mass is 10.1. The first-order chi connectivity index (χ1) is 9.08. The van der Waals surface area contributed by atoms with Crippen LogP contribution in [0.15, 0.2) is 12.1 Å². The van der Waals surface area contributed by atoms with E-state index in [2.05, 4.69) is 42.8 Å². The van der Waals surface area contributed by atoms with Crippen molar-refractivity contribution in [2.24, 2.45) is 5.92 Å². The zero-order chi connectivity index (χ0) is 13.8. The number of piperazine rings is 1. The second kappa shape index (κ2) is 6.84. The van der Waals surface area contributed by atoms with Gasteiger partial charge >= 0.3 is 0 Å². The molecule has 1 N–H and O–H groups in total. The molecule has 1 aliphatic heterocycles. The summed E-state index contributed by atoms with van der Waals surface area (Å²) in [4.78, 5) is 7.68. The minimum atomic E-state index is 0.260. The van der Waals surface area contributed by atoms with E-state index < -0.39 is 0 Å². The number of aliphatic hydroxyl groups is 1. The van der Waals surface area contributed by atoms with Gasteiger partial charge in [0.25, 0.3) is 0 Å². The number of likely N-dealkylation sites (N-methyl/N-ethyl adjacent to an activating group) is 1. The fourth-order valence-electron chi connectivity index (χ4n) is 2.59. The van der Waals surface area contributed by atoms with Gasteiger partial charge in [0.2, 0.25) is 0 Å². The van der Waals surface area contributed by atoms with E-state index in [-0.39, 0.29) is 6.61 Å². The van der Waals surface area contributed by atoms with Gasteiger partial charge in [-0.05, 0) is 31.5 Å². The maximum atomic E-state index is 9.38. The minimum absolute atomic E-state index is 0.260. The van der Waals surface area contributed by atoms with Crippen LogP contribution in [0.25, 0.3) is 0 Å². The van der Waals surface area contributed by atoms with Crippen LogP contribution >= 0.6 is 11.3 Å². The monoisotopic (exact) mass is 282 g/mol. The van der Waals surface area contributed by atoms with Crippen LogP contribution < -0.4 is 0 Å². The van der Waals surface area contributed by atoms with E-state index in [4.69, 9.17) is 0 Å². The van der Waals surface area contributed by atoms with Crippen molar-refractivity contribution < 1.29 is 5.11 Å². The Hall–Kier alpha value is -0.420. The molecule has 0 spiro atoms. The summed E-state index contributed by atoms with van der Waals surface area (Å²) in [6, 6.07) is 4.85. The number of hydrogen-bond donors (Lipinski definition) is 1. The van der Waals surface area contributed by atoms with Gasteiger partial charge in [-0.3, -0.25) is 9.80 Å². The molecule has 0 amide bonds. The predicted octanol–water partition coefficient (Wildman–Crippen LogP) is 2.05. The van der Waals surface area contributed by atoms with Crippen molar-refractivity contribution in [2.75, 3.05) is 33.3 Å². The topological polar surface area (TPSA) is 26.7 Å². The average molecular weight is 282 g/mol. The maximum absolute atomic E-state index is 9.38. The first-order valence-electron chi connectivity index (χ1n) is 7.19. The van der Waals surface area contributed by atoms with Crippen LogP contribution in [0.5, 0.6) is 0 Å². The Balaban J connectivity index is 1.88. The van der Waals surface area contributed by atoms with Gasteiger partial charge in [0, 0.05) is 42.0 Å². The van der Waals surface area contributed by atoms with Crippen molar-refractivity contribution >= 4 is 11.3 Å². The summed E-state index contributed by atoms with van der Waals surface area (Å²) in [5.74, 6) is 0.730. The van der Waals surface area contributed by atoms with E-state index in [1.807, 2.05) is 11.3 Å². The number of thiophene rings is 1. The minimum Gasteiger partial charge on any atom is -0.395 e. The largest absolute Gasteiger partial charge is 0.395 e. The summed E-state index contributed by atoms with van der Waals surface area (Å²) in [6.45, 7) is 8.96. The molecule has 0 saturated carbocycles. The summed E-state index contributed by atoms with van der Waals surface area (Å²) < 4.78 is 0. The molecule has 0 unspecified atom stereocenters. The second-order valence-corrected chi connectivity index (χ2v) is 7.27. The number of aliphatic hydroxyl groups excluding tert-OH is 1. The van der Waals surface area contributed by atoms with Crippen LogP contribution in [0.1, 0.15) is 23.6 Å². The molecule has 3 nitrogen and oxygen atoms in total. The van der Waals surface area contributed by atoms with Crippen molar-refractivity contribution in [3.63, 3.8) is 0 Å². The van der Waals surface area contributed by atoms with Gasteiger partial charge in [0.1, 0.15) is 0 Å². The molecule has 0 aromatic carbocycles. The standard InChI is InChI=1S/C15H26N2OS/c1-12(2)8-14-4-5-15(19-14)10-17-7-6-16(3)13(9-17)11-18/h4-5,12-13,18H,6-11H2,1-3H3/t13-/m1/s1. The van der Waals surface area contributed by atoms with E-state index in [9.17, 15) is 5.11 Å². The molecule has 1 saturated heterocycles. The van der Waals surface area contributed by atoms with Crippen LogP contribution in [0.2, 0.25) is 0 Å². The van der Waals surface area contributed by atoms with Gasteiger partial charge in [-0.2, -0.15) is 0 Å². The van der Waals surface area contributed by atoms with Crippen LogP contribution in [-0.4, -0.2) is 54.2 Å². The number of nitrogens with zero attached hydrogens (tertiary/aromatic N) is 2. The second-order valence-electron chi connectivity index (χ2n) is 6.02. The molecule has 0 aliphatic carbocycles. The molecular formula is C15H26N2OS. The first-order valence-corrected chi connectivity index (χ1v) is 8.01. The van der Waals surface area contributed by atoms with E-state index in [1.54, 1.807) is 0 Å². The predicted molar refractivity (Wildman–Crippen MR) is 81.6 cm³/mol. The summed E-state index contributed by atoms with van der Waals surface area (Å²) in [5, 5.41) is 9.38. The molecule has 1 atom stereocenters. The highest BCUT2D eigenvalue weighted by molar-refractivity contribution is 7.11. The quantitative estimate of drug-likeness (QED) is 0.895. The normalized spacial score (nSPS) is 22.3. The lowest BCUT2D eigenvalue weighted by Gasteiger charge is -2.38. The zero-order valence-electron chi connectivity index (χ0n) is 12.3. The highest BCUT2D eigenvalue weighted by Crippen LogP contribution is 2.22. The van der Waals surface area contributed by atoms with Crippen LogP contribution in [0.4, 0.5) is 0 Å². The number of hydrogen-bond acceptors (Lipinski definition) is 4. The SMILES string of the molecule is CC(C)Cc1ccc(CN2CCN(C)[C@@H](CO)C2)s1. The molecule has 1 aromatic rings. The van der Waals surface area contributed by atoms with Gasteiger partial charge in [-0.1, -0.05) is 13.8 Å². The summed E-state index contributed by atoms with van der Waals surface area (Å²) in [5.41, 5.74) is 0. The Bertz CT molecular complexity index is 391. The Labute approximate surface area is 120 Å². The highest BCUT2D eigenvalue weighted by atomic mass is 32.1. The average Bonchev–Trinajstić information content (AvgIpc) is 2.78. The lowest BCUT2D eigenvalue weighted by molar-refractivity contribution is 0.0545. The molecule has 1 aromatic heterocycles. The van der Waals surface area contributed by atoms with Crippen LogP contribution in [-0.2, 0) is 13.0 Å². The summed E-state index contributed by atoms with van der Waals surface area (Å²) in [6.07, 6.45) is 1.19. The molecule has 2 heterocycles. The van der Waals surface area contributed by atoms with Crippen molar-refractivity contribution in [3.8, 4) is 0 Å². The van der Waals surface area contributed by atoms with Crippen molar-refractivity contribution in [1.82, 2.24) is 9.80 Å². The maximum Gasteiger partial charge on any atom is 0.0599 e. The van der Waals surface area contributed by atoms with Gasteiger partial charge in [0.05, 0.1) is 6.61 Å². The molecule has 0 radical (unpaired) electrons. The fraction of sp³-hybridized carbons (Fsp3) is 0.733. The Morgan fingerprint density at radius 3 is 2.74 bits per heavy atom. The third kappa shape index (κ3) is 4.28. The third-order valence-corrected chi connectivity index (χ3v) is 4.87. The van der Waals surface area contributed by atoms with Gasteiger partial charge < -0.3 is 5.11 Å². The number of rotatable bonds is 5. The summed E-state index contributed by atoms with van der Waals surface area (Å²) >= 11 is 1.95. The molecule has 19 heavy (non-hydrogen) atoms. The molecule has 0 bridgehead atoms. The van der Waals surface area contributed by atoms with E-state index in [0.717, 1.165) is 32.1 Å². The molecule has 2 rings (SSSR count). The Morgan fingerprint density at radius 1 is 1.32 bits per heavy atom. The fourth-order valence-corrected chi connectivity index (χ4v) is 3.86. The van der Waals surface area contributed by atoms with E-state index >= 15 is 0 Å². The summed E-state index contributed by atoms with van der Waals surface area (Å²) in [7, 11) is 2.10. The van der Waals surface area contributed by atoms with E-state index in [0.29, 0.717) is 6.04 Å². The Morgan fingerprint density at radius 2 is 2.05 bits per heavy atom. The zero-order valence-corrected chi connectivity index (χ0v) is 13.1. The van der Waals surface area contributed by atoms with E-state index in [1.165, 1.54) is 16.2 Å². The smallest absolute Gasteiger partial charge is 0.0599 e. The Kier molecular flexibility index (Phi) is 5.39. The van der Waals surface area contributed by atoms with Crippen molar-refractivity contribution in [3.05, 3.63) is 21.9 Å². The van der Waals surface area contributed by atoms with Crippen molar-refractivity contribution in [2.45, 2.75) is 32.9 Å². The molecule has 108 valence electrons. The lowest BCUT2D eigenvalue weighted by Crippen LogP contribution is -2.52. The molecule has 1 aliphatic rings. The van der Waals surface area contributed by atoms with Crippen LogP contribution in [0, 0.1) is 5.92 Å². The first kappa shape index (κ1) is 15.0. The third-order valence-electron chi connectivity index (χ3n) is 3.78. The molecule has 1 fully saturated rings. The van der Waals surface area contributed by atoms with Gasteiger partial charge in [-0.15, -0.1) is 11.3 Å². The van der Waals surface area contributed by atoms with Crippen molar-refractivity contribution in [1.29, 1.82) is 0 Å². The van der Waals surface area contributed by atoms with Gasteiger partial charge in [-0.25, -0.2) is 0 Å². The highest BCUT2D eigenvalue weighted by Gasteiger charge is 2.23. The molecule has 4 heteroatoms. The van der Waals surface area contributed by atoms with Gasteiger partial charge in [0.15, 0.2) is 0 Å². The van der Waals surface area contributed by atoms with Crippen LogP contribution in [0.3, 0.4) is 0 Å². The molecular weight excluding hydrogens is 256 g/mol.